The molecule has 3 rings (SSSR count). The molecule has 0 atom stereocenters. The number of rotatable bonds is 9. The molecule has 0 aliphatic rings. The van der Waals surface area contributed by atoms with Crippen LogP contribution in [-0.4, -0.2) is 31.1 Å². The van der Waals surface area contributed by atoms with Crippen LogP contribution in [0.5, 0.6) is 0 Å². The number of nitrogens with two attached hydrogens (primary N) is 1. The first-order valence-corrected chi connectivity index (χ1v) is 11.9. The minimum atomic E-state index is -3.91. The highest BCUT2D eigenvalue weighted by atomic mass is 32.2. The average Bonchev–Trinajstić information content (AvgIpc) is 2.76. The van der Waals surface area contributed by atoms with Crippen LogP contribution in [0.3, 0.4) is 0 Å². The van der Waals surface area contributed by atoms with E-state index in [1.54, 1.807) is 48.5 Å². The van der Waals surface area contributed by atoms with Crippen LogP contribution in [0.15, 0.2) is 77.7 Å². The van der Waals surface area contributed by atoms with Gasteiger partial charge in [-0.05, 0) is 49.2 Å². The standard InChI is InChI=1S/C25H27N3O4S/c1-18-3-7-21(8-4-18)16-28(33(31,32)23-13-5-19(2)6-14-23)17-25(30)27-22-11-9-20(10-12-22)15-24(26)29/h3-14H,15-17H2,1-2H3,(H2,26,29)(H,27,30). The second kappa shape index (κ2) is 10.4. The zero-order chi connectivity index (χ0) is 24.0. The van der Waals surface area contributed by atoms with E-state index < -0.39 is 21.8 Å². The summed E-state index contributed by atoms with van der Waals surface area (Å²) in [5.41, 5.74) is 9.20. The van der Waals surface area contributed by atoms with Crippen LogP contribution in [0.1, 0.15) is 22.3 Å². The summed E-state index contributed by atoms with van der Waals surface area (Å²) in [6, 6.07) is 20.7. The second-order valence-corrected chi connectivity index (χ2v) is 9.90. The van der Waals surface area contributed by atoms with E-state index in [4.69, 9.17) is 5.73 Å². The summed E-state index contributed by atoms with van der Waals surface area (Å²) in [5, 5.41) is 2.72. The van der Waals surface area contributed by atoms with Crippen molar-refractivity contribution in [2.24, 2.45) is 5.73 Å². The fraction of sp³-hybridized carbons (Fsp3) is 0.200. The molecule has 0 fully saturated rings. The molecular formula is C25H27N3O4S. The van der Waals surface area contributed by atoms with Gasteiger partial charge in [-0.1, -0.05) is 59.7 Å². The van der Waals surface area contributed by atoms with E-state index in [9.17, 15) is 18.0 Å². The molecule has 172 valence electrons. The van der Waals surface area contributed by atoms with Crippen LogP contribution >= 0.6 is 0 Å². The number of anilines is 1. The fourth-order valence-corrected chi connectivity index (χ4v) is 4.63. The molecule has 0 aromatic heterocycles. The van der Waals surface area contributed by atoms with Gasteiger partial charge in [-0.15, -0.1) is 0 Å². The quantitative estimate of drug-likeness (QED) is 0.506. The lowest BCUT2D eigenvalue weighted by molar-refractivity contribution is -0.117. The number of carbonyl (C=O) groups is 2. The normalized spacial score (nSPS) is 11.4. The van der Waals surface area contributed by atoms with Crippen molar-refractivity contribution in [2.45, 2.75) is 31.7 Å². The van der Waals surface area contributed by atoms with Crippen LogP contribution in [0.25, 0.3) is 0 Å². The van der Waals surface area contributed by atoms with Crippen molar-refractivity contribution in [3.05, 3.63) is 95.1 Å². The number of aryl methyl sites for hydroxylation is 2. The Labute approximate surface area is 194 Å². The Morgan fingerprint density at radius 3 is 1.88 bits per heavy atom. The van der Waals surface area contributed by atoms with Gasteiger partial charge in [-0.3, -0.25) is 9.59 Å². The molecule has 7 nitrogen and oxygen atoms in total. The Morgan fingerprint density at radius 2 is 1.33 bits per heavy atom. The van der Waals surface area contributed by atoms with Crippen molar-refractivity contribution in [1.29, 1.82) is 0 Å². The zero-order valence-electron chi connectivity index (χ0n) is 18.6. The Hall–Kier alpha value is -3.49. The highest BCUT2D eigenvalue weighted by Crippen LogP contribution is 2.20. The fourth-order valence-electron chi connectivity index (χ4n) is 3.25. The van der Waals surface area contributed by atoms with Crippen LogP contribution in [-0.2, 0) is 32.6 Å². The third kappa shape index (κ3) is 6.74. The molecule has 0 aliphatic carbocycles. The molecule has 33 heavy (non-hydrogen) atoms. The lowest BCUT2D eigenvalue weighted by atomic mass is 10.1. The summed E-state index contributed by atoms with van der Waals surface area (Å²) >= 11 is 0. The van der Waals surface area contributed by atoms with Crippen LogP contribution in [0.2, 0.25) is 0 Å². The van der Waals surface area contributed by atoms with E-state index >= 15 is 0 Å². The van der Waals surface area contributed by atoms with E-state index in [0.717, 1.165) is 22.3 Å². The first-order chi connectivity index (χ1) is 15.6. The predicted molar refractivity (Wildman–Crippen MR) is 128 cm³/mol. The molecule has 0 radical (unpaired) electrons. The summed E-state index contributed by atoms with van der Waals surface area (Å²) in [5.74, 6) is -0.916. The molecule has 3 aromatic rings. The molecule has 0 heterocycles. The SMILES string of the molecule is Cc1ccc(CN(CC(=O)Nc2ccc(CC(N)=O)cc2)S(=O)(=O)c2ccc(C)cc2)cc1. The number of sulfonamides is 1. The highest BCUT2D eigenvalue weighted by molar-refractivity contribution is 7.89. The third-order valence-corrected chi connectivity index (χ3v) is 6.88. The van der Waals surface area contributed by atoms with Gasteiger partial charge < -0.3 is 11.1 Å². The first kappa shape index (κ1) is 24.2. The Balaban J connectivity index is 1.81. The van der Waals surface area contributed by atoms with E-state index in [2.05, 4.69) is 5.32 Å². The van der Waals surface area contributed by atoms with Crippen LogP contribution < -0.4 is 11.1 Å². The summed E-state index contributed by atoms with van der Waals surface area (Å²) < 4.78 is 27.9. The first-order valence-electron chi connectivity index (χ1n) is 10.4. The average molecular weight is 466 g/mol. The van der Waals surface area contributed by atoms with Gasteiger partial charge >= 0.3 is 0 Å². The number of hydrogen-bond donors (Lipinski definition) is 2. The Bertz CT molecular complexity index is 1220. The molecule has 0 saturated carbocycles. The van der Waals surface area contributed by atoms with Gasteiger partial charge in [0.05, 0.1) is 17.9 Å². The number of nitrogens with zero attached hydrogens (tertiary/aromatic N) is 1. The third-order valence-electron chi connectivity index (χ3n) is 5.07. The molecular weight excluding hydrogens is 438 g/mol. The van der Waals surface area contributed by atoms with Crippen molar-refractivity contribution < 1.29 is 18.0 Å². The van der Waals surface area contributed by atoms with Gasteiger partial charge in [0.15, 0.2) is 0 Å². The molecule has 0 aliphatic heterocycles. The molecule has 3 aromatic carbocycles. The van der Waals surface area contributed by atoms with E-state index in [1.807, 2.05) is 38.1 Å². The number of hydrogen-bond acceptors (Lipinski definition) is 4. The van der Waals surface area contributed by atoms with Gasteiger partial charge in [0.2, 0.25) is 21.8 Å². The minimum Gasteiger partial charge on any atom is -0.369 e. The number of carbonyl (C=O) groups excluding carboxylic acids is 2. The maximum Gasteiger partial charge on any atom is 0.243 e. The Morgan fingerprint density at radius 1 is 0.818 bits per heavy atom. The zero-order valence-corrected chi connectivity index (χ0v) is 19.4. The topological polar surface area (TPSA) is 110 Å². The van der Waals surface area contributed by atoms with Gasteiger partial charge in [0.25, 0.3) is 0 Å². The molecule has 0 spiro atoms. The lowest BCUT2D eigenvalue weighted by Crippen LogP contribution is -2.37. The van der Waals surface area contributed by atoms with Crippen molar-refractivity contribution in [2.75, 3.05) is 11.9 Å². The second-order valence-electron chi connectivity index (χ2n) is 7.96. The summed E-state index contributed by atoms with van der Waals surface area (Å²) in [7, 11) is -3.91. The summed E-state index contributed by atoms with van der Waals surface area (Å²) in [4.78, 5) is 23.9. The Kier molecular flexibility index (Phi) is 7.63. The molecule has 8 heteroatoms. The number of primary amides is 1. The van der Waals surface area contributed by atoms with Crippen molar-refractivity contribution in [1.82, 2.24) is 4.31 Å². The highest BCUT2D eigenvalue weighted by Gasteiger charge is 2.27. The van der Waals surface area contributed by atoms with Crippen molar-refractivity contribution in [3.63, 3.8) is 0 Å². The largest absolute Gasteiger partial charge is 0.369 e. The minimum absolute atomic E-state index is 0.0570. The monoisotopic (exact) mass is 465 g/mol. The van der Waals surface area contributed by atoms with Crippen LogP contribution in [0, 0.1) is 13.8 Å². The summed E-state index contributed by atoms with van der Waals surface area (Å²) in [6.07, 6.45) is 0.105. The van der Waals surface area contributed by atoms with E-state index in [-0.39, 0.29) is 24.4 Å². The molecule has 2 amide bonds. The van der Waals surface area contributed by atoms with Crippen LogP contribution in [0.4, 0.5) is 5.69 Å². The maximum absolute atomic E-state index is 13.4. The van der Waals surface area contributed by atoms with Gasteiger partial charge in [0, 0.05) is 12.2 Å². The van der Waals surface area contributed by atoms with Crippen molar-refractivity contribution >= 4 is 27.5 Å². The predicted octanol–water partition coefficient (Wildman–Crippen LogP) is 3.16. The van der Waals surface area contributed by atoms with Gasteiger partial charge in [-0.2, -0.15) is 4.31 Å². The lowest BCUT2D eigenvalue weighted by Gasteiger charge is -2.22. The molecule has 0 saturated heterocycles. The number of nitrogens with one attached hydrogen (secondary N) is 1. The van der Waals surface area contributed by atoms with E-state index in [1.165, 1.54) is 4.31 Å². The summed E-state index contributed by atoms with van der Waals surface area (Å²) in [6.45, 7) is 3.53. The smallest absolute Gasteiger partial charge is 0.243 e. The van der Waals surface area contributed by atoms with Gasteiger partial charge in [0.1, 0.15) is 0 Å². The van der Waals surface area contributed by atoms with Crippen molar-refractivity contribution in [3.8, 4) is 0 Å². The van der Waals surface area contributed by atoms with E-state index in [0.29, 0.717) is 5.69 Å². The maximum atomic E-state index is 13.4. The van der Waals surface area contributed by atoms with Gasteiger partial charge in [-0.25, -0.2) is 8.42 Å². The number of amides is 2. The molecule has 0 bridgehead atoms. The molecule has 3 N–H and O–H groups in total. The molecule has 0 unspecified atom stereocenters. The number of benzene rings is 3.